The Kier molecular flexibility index (Phi) is 3.10. The van der Waals surface area contributed by atoms with Gasteiger partial charge in [-0.1, -0.05) is 19.8 Å². The van der Waals surface area contributed by atoms with Crippen molar-refractivity contribution in [1.82, 2.24) is 15.1 Å². The van der Waals surface area contributed by atoms with Crippen LogP contribution in [-0.4, -0.2) is 16.3 Å². The molecule has 1 atom stereocenters. The number of nitrogens with one attached hydrogen (secondary N) is 1. The van der Waals surface area contributed by atoms with Crippen molar-refractivity contribution in [3.63, 3.8) is 0 Å². The van der Waals surface area contributed by atoms with Gasteiger partial charge in [0.05, 0.1) is 6.20 Å². The van der Waals surface area contributed by atoms with Gasteiger partial charge in [-0.3, -0.25) is 4.68 Å². The minimum Gasteiger partial charge on any atom is -0.307 e. The Morgan fingerprint density at radius 1 is 1.47 bits per heavy atom. The zero-order valence-electron chi connectivity index (χ0n) is 9.79. The lowest BCUT2D eigenvalue weighted by molar-refractivity contribution is 0.312. The van der Waals surface area contributed by atoms with E-state index in [1.165, 1.54) is 31.2 Å². The predicted octanol–water partition coefficient (Wildman–Crippen LogP) is 2.19. The van der Waals surface area contributed by atoms with Gasteiger partial charge in [-0.2, -0.15) is 5.10 Å². The number of hydrogen-bond acceptors (Lipinski definition) is 2. The first-order valence-corrected chi connectivity index (χ1v) is 6.01. The highest BCUT2D eigenvalue weighted by Crippen LogP contribution is 2.32. The fourth-order valence-corrected chi connectivity index (χ4v) is 2.57. The molecule has 0 saturated carbocycles. The molecule has 0 bridgehead atoms. The molecule has 0 aromatic carbocycles. The van der Waals surface area contributed by atoms with Gasteiger partial charge in [-0.15, -0.1) is 0 Å². The summed E-state index contributed by atoms with van der Waals surface area (Å²) in [6, 6.07) is 0. The quantitative estimate of drug-likeness (QED) is 0.805. The first-order chi connectivity index (χ1) is 7.27. The summed E-state index contributed by atoms with van der Waals surface area (Å²) in [5.74, 6) is 0. The molecule has 0 spiro atoms. The minimum absolute atomic E-state index is 0.185. The summed E-state index contributed by atoms with van der Waals surface area (Å²) in [4.78, 5) is 0. The van der Waals surface area contributed by atoms with Gasteiger partial charge in [0.15, 0.2) is 0 Å². The van der Waals surface area contributed by atoms with Crippen molar-refractivity contribution in [2.24, 2.45) is 7.05 Å². The molecule has 3 nitrogen and oxygen atoms in total. The Balaban J connectivity index is 2.26. The summed E-state index contributed by atoms with van der Waals surface area (Å²) in [6.45, 7) is 3.41. The molecule has 1 aliphatic heterocycles. The molecule has 2 rings (SSSR count). The van der Waals surface area contributed by atoms with Gasteiger partial charge >= 0.3 is 0 Å². The molecule has 2 heterocycles. The van der Waals surface area contributed by atoms with E-state index in [4.69, 9.17) is 0 Å². The van der Waals surface area contributed by atoms with E-state index in [2.05, 4.69) is 23.5 Å². The number of rotatable bonds is 2. The highest BCUT2D eigenvalue weighted by molar-refractivity contribution is 5.18. The van der Waals surface area contributed by atoms with Crippen LogP contribution in [0.5, 0.6) is 0 Å². The van der Waals surface area contributed by atoms with Crippen molar-refractivity contribution >= 4 is 0 Å². The SMILES string of the molecule is CCC1(c2cnn(C)c2)CCCCCN1. The van der Waals surface area contributed by atoms with Crippen LogP contribution >= 0.6 is 0 Å². The van der Waals surface area contributed by atoms with Crippen LogP contribution in [0.2, 0.25) is 0 Å². The normalized spacial score (nSPS) is 27.6. The molecular weight excluding hydrogens is 186 g/mol. The Hall–Kier alpha value is -0.830. The predicted molar refractivity (Wildman–Crippen MR) is 61.6 cm³/mol. The maximum absolute atomic E-state index is 4.29. The third-order valence-electron chi connectivity index (χ3n) is 3.60. The van der Waals surface area contributed by atoms with Crippen LogP contribution in [-0.2, 0) is 12.6 Å². The zero-order chi connectivity index (χ0) is 10.7. The van der Waals surface area contributed by atoms with Gasteiger partial charge in [-0.25, -0.2) is 0 Å². The van der Waals surface area contributed by atoms with Crippen LogP contribution in [0.4, 0.5) is 0 Å². The lowest BCUT2D eigenvalue weighted by Gasteiger charge is -2.31. The van der Waals surface area contributed by atoms with E-state index >= 15 is 0 Å². The van der Waals surface area contributed by atoms with Crippen molar-refractivity contribution in [1.29, 1.82) is 0 Å². The van der Waals surface area contributed by atoms with Gasteiger partial charge in [0.25, 0.3) is 0 Å². The number of aromatic nitrogens is 2. The molecule has 1 fully saturated rings. The van der Waals surface area contributed by atoms with Crippen LogP contribution in [0.25, 0.3) is 0 Å². The maximum atomic E-state index is 4.29. The molecule has 0 radical (unpaired) electrons. The smallest absolute Gasteiger partial charge is 0.0540 e. The lowest BCUT2D eigenvalue weighted by Crippen LogP contribution is -2.40. The van der Waals surface area contributed by atoms with Gasteiger partial charge in [0.1, 0.15) is 0 Å². The third kappa shape index (κ3) is 2.07. The van der Waals surface area contributed by atoms with E-state index in [1.807, 2.05) is 17.9 Å². The maximum Gasteiger partial charge on any atom is 0.0540 e. The Morgan fingerprint density at radius 2 is 2.33 bits per heavy atom. The Bertz CT molecular complexity index is 308. The molecule has 1 aromatic heterocycles. The van der Waals surface area contributed by atoms with E-state index in [-0.39, 0.29) is 5.54 Å². The largest absolute Gasteiger partial charge is 0.307 e. The molecule has 1 aromatic rings. The average Bonchev–Trinajstić information content (AvgIpc) is 2.56. The first kappa shape index (κ1) is 10.7. The standard InChI is InChI=1S/C12H21N3/c1-3-12(7-5-4-6-8-13-12)11-9-14-15(2)10-11/h9-10,13H,3-8H2,1-2H3. The molecule has 1 N–H and O–H groups in total. The molecule has 84 valence electrons. The fraction of sp³-hybridized carbons (Fsp3) is 0.750. The van der Waals surface area contributed by atoms with Gasteiger partial charge in [-0.05, 0) is 25.8 Å². The summed E-state index contributed by atoms with van der Waals surface area (Å²) in [7, 11) is 1.99. The minimum atomic E-state index is 0.185. The van der Waals surface area contributed by atoms with Gasteiger partial charge in [0, 0.05) is 24.3 Å². The molecule has 1 saturated heterocycles. The van der Waals surface area contributed by atoms with Crippen LogP contribution in [0.1, 0.15) is 44.6 Å². The molecular formula is C12H21N3. The first-order valence-electron chi connectivity index (χ1n) is 6.01. The second kappa shape index (κ2) is 4.35. The van der Waals surface area contributed by atoms with E-state index in [1.54, 1.807) is 0 Å². The van der Waals surface area contributed by atoms with Crippen molar-refractivity contribution in [2.75, 3.05) is 6.54 Å². The van der Waals surface area contributed by atoms with E-state index in [0.717, 1.165) is 13.0 Å². The Labute approximate surface area is 91.9 Å². The third-order valence-corrected chi connectivity index (χ3v) is 3.60. The molecule has 0 amide bonds. The Morgan fingerprint density at radius 3 is 3.00 bits per heavy atom. The second-order valence-electron chi connectivity index (χ2n) is 4.58. The van der Waals surface area contributed by atoms with Crippen molar-refractivity contribution < 1.29 is 0 Å². The van der Waals surface area contributed by atoms with Crippen LogP contribution in [0.3, 0.4) is 0 Å². The highest BCUT2D eigenvalue weighted by Gasteiger charge is 2.31. The monoisotopic (exact) mass is 207 g/mol. The molecule has 1 aliphatic rings. The molecule has 0 aliphatic carbocycles. The summed E-state index contributed by atoms with van der Waals surface area (Å²) < 4.78 is 1.90. The van der Waals surface area contributed by atoms with Gasteiger partial charge < -0.3 is 5.32 Å². The summed E-state index contributed by atoms with van der Waals surface area (Å²) >= 11 is 0. The number of nitrogens with zero attached hydrogens (tertiary/aromatic N) is 2. The van der Waals surface area contributed by atoms with Gasteiger partial charge in [0.2, 0.25) is 0 Å². The van der Waals surface area contributed by atoms with Crippen LogP contribution < -0.4 is 5.32 Å². The lowest BCUT2D eigenvalue weighted by atomic mass is 9.85. The number of aryl methyl sites for hydroxylation is 1. The fourth-order valence-electron chi connectivity index (χ4n) is 2.57. The summed E-state index contributed by atoms with van der Waals surface area (Å²) in [5.41, 5.74) is 1.54. The zero-order valence-corrected chi connectivity index (χ0v) is 9.79. The summed E-state index contributed by atoms with van der Waals surface area (Å²) in [5, 5.41) is 8.01. The van der Waals surface area contributed by atoms with Crippen LogP contribution in [0, 0.1) is 0 Å². The highest BCUT2D eigenvalue weighted by atomic mass is 15.2. The molecule has 1 unspecified atom stereocenters. The molecule has 15 heavy (non-hydrogen) atoms. The van der Waals surface area contributed by atoms with Crippen LogP contribution in [0.15, 0.2) is 12.4 Å². The van der Waals surface area contributed by atoms with E-state index in [9.17, 15) is 0 Å². The number of hydrogen-bond donors (Lipinski definition) is 1. The van der Waals surface area contributed by atoms with Crippen molar-refractivity contribution in [3.8, 4) is 0 Å². The molecule has 3 heteroatoms. The topological polar surface area (TPSA) is 29.9 Å². The van der Waals surface area contributed by atoms with Crippen molar-refractivity contribution in [3.05, 3.63) is 18.0 Å². The second-order valence-corrected chi connectivity index (χ2v) is 4.58. The summed E-state index contributed by atoms with van der Waals surface area (Å²) in [6.07, 6.45) is 10.6. The average molecular weight is 207 g/mol. The van der Waals surface area contributed by atoms with Crippen molar-refractivity contribution in [2.45, 2.75) is 44.6 Å². The van der Waals surface area contributed by atoms with E-state index in [0.29, 0.717) is 0 Å². The van der Waals surface area contributed by atoms with E-state index < -0.39 is 0 Å².